The van der Waals surface area contributed by atoms with Crippen molar-refractivity contribution in [3.63, 3.8) is 0 Å². The molecule has 1 aromatic carbocycles. The Hall–Kier alpha value is -1.37. The molecule has 2 rings (SSSR count). The molecule has 0 aliphatic heterocycles. The minimum Gasteiger partial charge on any atom is -0.399 e. The van der Waals surface area contributed by atoms with Crippen LogP contribution in [0.5, 0.6) is 0 Å². The van der Waals surface area contributed by atoms with Gasteiger partial charge in [0, 0.05) is 17.1 Å². The number of nitrogens with two attached hydrogens (primary N) is 1. The van der Waals surface area contributed by atoms with Crippen molar-refractivity contribution in [3.8, 4) is 0 Å². The van der Waals surface area contributed by atoms with E-state index in [-0.39, 0.29) is 6.54 Å². The first kappa shape index (κ1) is 14.0. The Balaban J connectivity index is 2.09. The van der Waals surface area contributed by atoms with Gasteiger partial charge in [-0.3, -0.25) is 0 Å². The summed E-state index contributed by atoms with van der Waals surface area (Å²) in [6.45, 7) is 2.25. The third-order valence-electron chi connectivity index (χ3n) is 2.67. The first-order valence-electron chi connectivity index (χ1n) is 5.94. The van der Waals surface area contributed by atoms with E-state index >= 15 is 0 Å². The lowest BCUT2D eigenvalue weighted by atomic mass is 10.2. The molecule has 1 aromatic heterocycles. The molecule has 0 saturated heterocycles. The molecule has 0 amide bonds. The number of aryl methyl sites for hydroxylation is 1. The van der Waals surface area contributed by atoms with Crippen molar-refractivity contribution in [2.75, 3.05) is 5.73 Å². The molecule has 0 bridgehead atoms. The zero-order valence-corrected chi connectivity index (χ0v) is 12.2. The smallest absolute Gasteiger partial charge is 0.250 e. The van der Waals surface area contributed by atoms with Crippen LogP contribution in [0.4, 0.5) is 5.69 Å². The molecule has 0 atom stereocenters. The Morgan fingerprint density at radius 2 is 2.05 bits per heavy atom. The van der Waals surface area contributed by atoms with Gasteiger partial charge in [-0.25, -0.2) is 13.1 Å². The number of nitrogens with one attached hydrogen (secondary N) is 1. The van der Waals surface area contributed by atoms with Crippen LogP contribution in [-0.2, 0) is 23.0 Å². The van der Waals surface area contributed by atoms with Crippen LogP contribution in [0.1, 0.15) is 17.4 Å². The molecule has 0 aliphatic carbocycles. The molecule has 102 valence electrons. The van der Waals surface area contributed by atoms with Crippen LogP contribution >= 0.6 is 11.3 Å². The standard InChI is InChI=1S/C13H16N2O2S2/c1-2-12-6-7-13(18-12)19(16,17)15-9-10-4-3-5-11(14)8-10/h3-8,15H,2,9,14H2,1H3. The van der Waals surface area contributed by atoms with Gasteiger partial charge in [-0.05, 0) is 36.2 Å². The molecule has 1 heterocycles. The van der Waals surface area contributed by atoms with Crippen molar-refractivity contribution < 1.29 is 8.42 Å². The molecular weight excluding hydrogens is 280 g/mol. The maximum absolute atomic E-state index is 12.1. The SMILES string of the molecule is CCc1ccc(S(=O)(=O)NCc2cccc(N)c2)s1. The van der Waals surface area contributed by atoms with Crippen LogP contribution in [-0.4, -0.2) is 8.42 Å². The predicted octanol–water partition coefficient (Wildman–Crippen LogP) is 2.37. The van der Waals surface area contributed by atoms with E-state index in [4.69, 9.17) is 5.73 Å². The summed E-state index contributed by atoms with van der Waals surface area (Å²) in [5, 5.41) is 0. The van der Waals surface area contributed by atoms with Crippen LogP contribution in [0.3, 0.4) is 0 Å². The molecule has 0 spiro atoms. The van der Waals surface area contributed by atoms with Crippen molar-refractivity contribution in [1.29, 1.82) is 0 Å². The second-order valence-electron chi connectivity index (χ2n) is 4.14. The Morgan fingerprint density at radius 1 is 1.26 bits per heavy atom. The number of sulfonamides is 1. The molecule has 6 heteroatoms. The quantitative estimate of drug-likeness (QED) is 0.832. The van der Waals surface area contributed by atoms with Crippen molar-refractivity contribution in [2.24, 2.45) is 0 Å². The summed E-state index contributed by atoms with van der Waals surface area (Å²) in [5.41, 5.74) is 7.12. The summed E-state index contributed by atoms with van der Waals surface area (Å²) < 4.78 is 27.1. The fraction of sp³-hybridized carbons (Fsp3) is 0.231. The normalized spacial score (nSPS) is 11.6. The first-order valence-corrected chi connectivity index (χ1v) is 8.24. The lowest BCUT2D eigenvalue weighted by molar-refractivity contribution is 0.583. The number of benzene rings is 1. The first-order chi connectivity index (χ1) is 9.01. The van der Waals surface area contributed by atoms with Crippen molar-refractivity contribution in [2.45, 2.75) is 24.1 Å². The molecule has 4 nitrogen and oxygen atoms in total. The Kier molecular flexibility index (Phi) is 4.24. The van der Waals surface area contributed by atoms with E-state index in [2.05, 4.69) is 4.72 Å². The van der Waals surface area contributed by atoms with E-state index in [0.29, 0.717) is 9.90 Å². The second-order valence-corrected chi connectivity index (χ2v) is 7.31. The number of hydrogen-bond donors (Lipinski definition) is 2. The summed E-state index contributed by atoms with van der Waals surface area (Å²) in [7, 11) is -3.43. The third kappa shape index (κ3) is 3.56. The van der Waals surface area contributed by atoms with Gasteiger partial charge < -0.3 is 5.73 Å². The van der Waals surface area contributed by atoms with Gasteiger partial charge in [0.05, 0.1) is 0 Å². The molecule has 0 fully saturated rings. The van der Waals surface area contributed by atoms with Gasteiger partial charge in [0.1, 0.15) is 4.21 Å². The molecule has 3 N–H and O–H groups in total. The molecule has 0 aliphatic rings. The second kappa shape index (κ2) is 5.73. The highest BCUT2D eigenvalue weighted by Crippen LogP contribution is 2.22. The summed E-state index contributed by atoms with van der Waals surface area (Å²) in [6, 6.07) is 10.7. The van der Waals surface area contributed by atoms with Gasteiger partial charge in [0.15, 0.2) is 0 Å². The molecule has 0 radical (unpaired) electrons. The number of nitrogen functional groups attached to an aromatic ring is 1. The van der Waals surface area contributed by atoms with Crippen LogP contribution in [0.2, 0.25) is 0 Å². The number of hydrogen-bond acceptors (Lipinski definition) is 4. The highest BCUT2D eigenvalue weighted by Gasteiger charge is 2.16. The van der Waals surface area contributed by atoms with Crippen molar-refractivity contribution in [1.82, 2.24) is 4.72 Å². The fourth-order valence-corrected chi connectivity index (χ4v) is 4.00. The highest BCUT2D eigenvalue weighted by atomic mass is 32.2. The number of anilines is 1. The van der Waals surface area contributed by atoms with Crippen LogP contribution in [0.25, 0.3) is 0 Å². The van der Waals surface area contributed by atoms with Crippen LogP contribution in [0.15, 0.2) is 40.6 Å². The predicted molar refractivity (Wildman–Crippen MR) is 78.6 cm³/mol. The average molecular weight is 296 g/mol. The van der Waals surface area contributed by atoms with E-state index in [1.54, 1.807) is 24.3 Å². The largest absolute Gasteiger partial charge is 0.399 e. The topological polar surface area (TPSA) is 72.2 Å². The zero-order chi connectivity index (χ0) is 13.9. The third-order valence-corrected chi connectivity index (χ3v) is 5.79. The van der Waals surface area contributed by atoms with Gasteiger partial charge in [-0.15, -0.1) is 11.3 Å². The lowest BCUT2D eigenvalue weighted by Gasteiger charge is -2.05. The molecule has 0 unspecified atom stereocenters. The van der Waals surface area contributed by atoms with Gasteiger partial charge in [0.25, 0.3) is 0 Å². The summed E-state index contributed by atoms with van der Waals surface area (Å²) in [5.74, 6) is 0. The van der Waals surface area contributed by atoms with Gasteiger partial charge in [-0.1, -0.05) is 19.1 Å². The van der Waals surface area contributed by atoms with Gasteiger partial charge >= 0.3 is 0 Å². The Labute approximate surface area is 117 Å². The average Bonchev–Trinajstić information content (AvgIpc) is 2.86. The summed E-state index contributed by atoms with van der Waals surface area (Å²) in [4.78, 5) is 1.06. The maximum Gasteiger partial charge on any atom is 0.250 e. The summed E-state index contributed by atoms with van der Waals surface area (Å²) >= 11 is 1.30. The van der Waals surface area contributed by atoms with Crippen LogP contribution in [0, 0.1) is 0 Å². The zero-order valence-electron chi connectivity index (χ0n) is 10.6. The minimum absolute atomic E-state index is 0.243. The van der Waals surface area contributed by atoms with E-state index in [1.807, 2.05) is 19.1 Å². The summed E-state index contributed by atoms with van der Waals surface area (Å²) in [6.07, 6.45) is 0.843. The molecule has 2 aromatic rings. The van der Waals surface area contributed by atoms with Crippen molar-refractivity contribution >= 4 is 27.0 Å². The Morgan fingerprint density at radius 3 is 2.68 bits per heavy atom. The van der Waals surface area contributed by atoms with Gasteiger partial charge in [-0.2, -0.15) is 0 Å². The highest BCUT2D eigenvalue weighted by molar-refractivity contribution is 7.91. The molecule has 19 heavy (non-hydrogen) atoms. The van der Waals surface area contributed by atoms with E-state index in [1.165, 1.54) is 11.3 Å². The minimum atomic E-state index is -3.43. The van der Waals surface area contributed by atoms with Gasteiger partial charge in [0.2, 0.25) is 10.0 Å². The molecular formula is C13H16N2O2S2. The Bertz CT molecular complexity index is 663. The van der Waals surface area contributed by atoms with Crippen molar-refractivity contribution in [3.05, 3.63) is 46.8 Å². The number of thiophene rings is 1. The lowest BCUT2D eigenvalue weighted by Crippen LogP contribution is -2.22. The van der Waals surface area contributed by atoms with E-state index in [0.717, 1.165) is 16.9 Å². The monoisotopic (exact) mass is 296 g/mol. The van der Waals surface area contributed by atoms with Crippen LogP contribution < -0.4 is 10.5 Å². The van der Waals surface area contributed by atoms with E-state index < -0.39 is 10.0 Å². The maximum atomic E-state index is 12.1. The van der Waals surface area contributed by atoms with E-state index in [9.17, 15) is 8.42 Å². The molecule has 0 saturated carbocycles. The number of rotatable bonds is 5. The fourth-order valence-electron chi connectivity index (χ4n) is 1.65.